The molecule has 1 rings (SSSR count). The molecule has 0 radical (unpaired) electrons. The molecule has 1 saturated heterocycles. The van der Waals surface area contributed by atoms with Gasteiger partial charge in [0, 0.05) is 12.8 Å². The van der Waals surface area contributed by atoms with Crippen LogP contribution in [0.1, 0.15) is 180 Å². The number of aliphatic carboxylic acids is 1. The fourth-order valence-corrected chi connectivity index (χ4v) is 5.65. The minimum absolute atomic E-state index is 0.0133. The molecule has 1 aliphatic rings. The molecule has 1 heterocycles. The van der Waals surface area contributed by atoms with Gasteiger partial charge in [0.25, 0.3) is 10.1 Å². The van der Waals surface area contributed by atoms with Crippen molar-refractivity contribution in [1.29, 1.82) is 0 Å². The van der Waals surface area contributed by atoms with Crippen LogP contribution in [-0.4, -0.2) is 42.4 Å². The molecule has 238 valence electrons. The Kier molecular flexibility index (Phi) is 28.5. The van der Waals surface area contributed by atoms with Gasteiger partial charge >= 0.3 is 11.9 Å². The Balaban J connectivity index is 0.000000774. The highest BCUT2D eigenvalue weighted by atomic mass is 32.2. The number of cyclic esters (lactones) is 1. The van der Waals surface area contributed by atoms with Crippen LogP contribution in [-0.2, 0) is 24.4 Å². The van der Waals surface area contributed by atoms with E-state index in [4.69, 9.17) is 14.4 Å². The Hall–Kier alpha value is -1.15. The number of hydrogen-bond acceptors (Lipinski definition) is 5. The molecule has 1 fully saturated rings. The molecule has 0 saturated carbocycles. The Morgan fingerprint density at radius 2 is 0.925 bits per heavy atom. The van der Waals surface area contributed by atoms with E-state index < -0.39 is 16.1 Å². The van der Waals surface area contributed by atoms with Crippen molar-refractivity contribution in [1.82, 2.24) is 0 Å². The van der Waals surface area contributed by atoms with Gasteiger partial charge in [0.1, 0.15) is 0 Å². The van der Waals surface area contributed by atoms with Crippen molar-refractivity contribution in [3.8, 4) is 0 Å². The van der Waals surface area contributed by atoms with Crippen LogP contribution in [0.4, 0.5) is 0 Å². The van der Waals surface area contributed by atoms with Crippen LogP contribution >= 0.6 is 0 Å². The van der Waals surface area contributed by atoms with E-state index in [0.717, 1.165) is 51.4 Å². The molecule has 0 bridgehead atoms. The summed E-state index contributed by atoms with van der Waals surface area (Å²) >= 11 is 0. The minimum atomic E-state index is -3.77. The van der Waals surface area contributed by atoms with Crippen molar-refractivity contribution < 1.29 is 32.4 Å². The lowest BCUT2D eigenvalue weighted by Gasteiger charge is -2.04. The topological polar surface area (TPSA) is 118 Å². The van der Waals surface area contributed by atoms with Gasteiger partial charge < -0.3 is 9.84 Å². The highest BCUT2D eigenvalue weighted by molar-refractivity contribution is 7.85. The van der Waals surface area contributed by atoms with E-state index in [9.17, 15) is 18.0 Å². The summed E-state index contributed by atoms with van der Waals surface area (Å²) in [5.41, 5.74) is 0. The van der Waals surface area contributed by atoms with E-state index in [1.807, 2.05) is 0 Å². The minimum Gasteiger partial charge on any atom is -0.481 e. The number of hydrogen-bond donors (Lipinski definition) is 2. The second kappa shape index (κ2) is 29.3. The number of carboxylic acid groups (broad SMARTS) is 1. The third-order valence-corrected chi connectivity index (χ3v) is 8.39. The van der Waals surface area contributed by atoms with E-state index in [1.54, 1.807) is 0 Å². The first-order valence-corrected chi connectivity index (χ1v) is 18.2. The number of carbonyl (C=O) groups excluding carboxylic acids is 1. The lowest BCUT2D eigenvalue weighted by molar-refractivity contribution is -0.144. The van der Waals surface area contributed by atoms with Gasteiger partial charge in [0.15, 0.2) is 0 Å². The van der Waals surface area contributed by atoms with Crippen molar-refractivity contribution >= 4 is 22.1 Å². The summed E-state index contributed by atoms with van der Waals surface area (Å²) in [5.74, 6) is -0.795. The summed E-state index contributed by atoms with van der Waals surface area (Å²) in [4.78, 5) is 21.7. The zero-order valence-corrected chi connectivity index (χ0v) is 26.4. The molecule has 0 aromatic carbocycles. The molecular weight excluding hydrogens is 528 g/mol. The van der Waals surface area contributed by atoms with Gasteiger partial charge in [-0.15, -0.1) is 0 Å². The molecule has 0 unspecified atom stereocenters. The SMILES string of the molecule is O=C(O)CCCCCCCCCCCCCCCS(=O)(=O)O.O=C1CCCCCCCCCCCCCCCO1. The first kappa shape index (κ1) is 38.9. The Morgan fingerprint density at radius 1 is 0.575 bits per heavy atom. The van der Waals surface area contributed by atoms with Gasteiger partial charge in [-0.2, -0.15) is 8.42 Å². The fourth-order valence-electron chi connectivity index (χ4n) is 5.08. The first-order chi connectivity index (χ1) is 19.3. The van der Waals surface area contributed by atoms with E-state index in [2.05, 4.69) is 0 Å². The van der Waals surface area contributed by atoms with Crippen molar-refractivity contribution in [3.05, 3.63) is 0 Å². The Morgan fingerprint density at radius 3 is 1.32 bits per heavy atom. The van der Waals surface area contributed by atoms with Gasteiger partial charge in [-0.25, -0.2) is 0 Å². The van der Waals surface area contributed by atoms with Crippen LogP contribution in [0.15, 0.2) is 0 Å². The highest BCUT2D eigenvalue weighted by Crippen LogP contribution is 2.15. The standard InChI is InChI=1S/C16H32O5S.C16H30O2/c17-16(18)14-12-10-8-6-4-2-1-3-5-7-9-11-13-15-22(19,20)21;17-16-14-12-10-8-6-4-2-1-3-5-7-9-11-13-15-18-16/h1-15H2,(H,17,18)(H,19,20,21);1-15H2. The molecule has 7 nitrogen and oxygen atoms in total. The lowest BCUT2D eigenvalue weighted by atomic mass is 10.0. The molecule has 40 heavy (non-hydrogen) atoms. The predicted molar refractivity (Wildman–Crippen MR) is 164 cm³/mol. The number of carbonyl (C=O) groups is 2. The largest absolute Gasteiger partial charge is 0.481 e. The molecule has 0 amide bonds. The quantitative estimate of drug-likeness (QED) is 0.104. The van der Waals surface area contributed by atoms with E-state index >= 15 is 0 Å². The van der Waals surface area contributed by atoms with Crippen molar-refractivity contribution in [2.24, 2.45) is 0 Å². The van der Waals surface area contributed by atoms with Crippen molar-refractivity contribution in [2.45, 2.75) is 180 Å². The molecular formula is C32H62O7S. The number of ether oxygens (including phenoxy) is 1. The first-order valence-electron chi connectivity index (χ1n) is 16.6. The van der Waals surface area contributed by atoms with Crippen LogP contribution < -0.4 is 0 Å². The van der Waals surface area contributed by atoms with E-state index in [1.165, 1.54) is 109 Å². The average molecular weight is 591 g/mol. The normalized spacial score (nSPS) is 16.8. The van der Waals surface area contributed by atoms with Gasteiger partial charge in [-0.1, -0.05) is 141 Å². The van der Waals surface area contributed by atoms with Gasteiger partial charge in [0.05, 0.1) is 12.4 Å². The maximum atomic E-state index is 11.4. The van der Waals surface area contributed by atoms with Gasteiger partial charge in [0.2, 0.25) is 0 Å². The third kappa shape index (κ3) is 34.9. The van der Waals surface area contributed by atoms with Gasteiger partial charge in [-0.3, -0.25) is 14.1 Å². The Labute approximate surface area is 246 Å². The summed E-state index contributed by atoms with van der Waals surface area (Å²) in [5, 5.41) is 8.50. The van der Waals surface area contributed by atoms with E-state index in [-0.39, 0.29) is 11.7 Å². The van der Waals surface area contributed by atoms with E-state index in [0.29, 0.717) is 25.9 Å². The fraction of sp³-hybridized carbons (Fsp3) is 0.938. The molecule has 8 heteroatoms. The molecule has 0 atom stereocenters. The molecule has 0 aromatic rings. The second-order valence-corrected chi connectivity index (χ2v) is 13.2. The second-order valence-electron chi connectivity index (χ2n) is 11.6. The number of esters is 1. The summed E-state index contributed by atoms with van der Waals surface area (Å²) in [6.45, 7) is 0.638. The number of unbranched alkanes of at least 4 members (excludes halogenated alkanes) is 12. The summed E-state index contributed by atoms with van der Waals surface area (Å²) in [7, 11) is -3.77. The third-order valence-electron chi connectivity index (χ3n) is 7.58. The number of carboxylic acids is 1. The number of rotatable bonds is 16. The molecule has 0 spiro atoms. The van der Waals surface area contributed by atoms with Crippen LogP contribution in [0.3, 0.4) is 0 Å². The summed E-state index contributed by atoms with van der Waals surface area (Å²) in [6.07, 6.45) is 31.6. The van der Waals surface area contributed by atoms with Crippen LogP contribution in [0.2, 0.25) is 0 Å². The van der Waals surface area contributed by atoms with Crippen molar-refractivity contribution in [3.63, 3.8) is 0 Å². The summed E-state index contributed by atoms with van der Waals surface area (Å²) in [6, 6.07) is 0. The molecule has 1 aliphatic heterocycles. The predicted octanol–water partition coefficient (Wildman–Crippen LogP) is 9.42. The lowest BCUT2D eigenvalue weighted by Crippen LogP contribution is -2.05. The van der Waals surface area contributed by atoms with Crippen LogP contribution in [0, 0.1) is 0 Å². The smallest absolute Gasteiger partial charge is 0.305 e. The van der Waals surface area contributed by atoms with Gasteiger partial charge in [-0.05, 0) is 25.7 Å². The molecule has 0 aromatic heterocycles. The van der Waals surface area contributed by atoms with Crippen LogP contribution in [0.25, 0.3) is 0 Å². The highest BCUT2D eigenvalue weighted by Gasteiger charge is 2.04. The summed E-state index contributed by atoms with van der Waals surface area (Å²) < 4.78 is 34.8. The van der Waals surface area contributed by atoms with Crippen LogP contribution in [0.5, 0.6) is 0 Å². The Bertz CT molecular complexity index is 659. The zero-order chi connectivity index (χ0) is 29.6. The maximum Gasteiger partial charge on any atom is 0.305 e. The maximum absolute atomic E-state index is 11.4. The van der Waals surface area contributed by atoms with Crippen molar-refractivity contribution in [2.75, 3.05) is 12.4 Å². The molecule has 0 aliphatic carbocycles. The zero-order valence-electron chi connectivity index (χ0n) is 25.6. The average Bonchev–Trinajstić information content (AvgIpc) is 2.90. The monoisotopic (exact) mass is 590 g/mol. The molecule has 2 N–H and O–H groups in total.